The van der Waals surface area contributed by atoms with E-state index in [1.54, 1.807) is 0 Å². The molecule has 102 valence electrons. The monoisotopic (exact) mass is 286 g/mol. The Morgan fingerprint density at radius 3 is 2.70 bits per heavy atom. The Bertz CT molecular complexity index is 842. The van der Waals surface area contributed by atoms with E-state index in [4.69, 9.17) is 12.2 Å². The van der Waals surface area contributed by atoms with Crippen LogP contribution in [0.4, 0.5) is 0 Å². The van der Waals surface area contributed by atoms with Gasteiger partial charge in [0.05, 0.1) is 11.0 Å². The summed E-state index contributed by atoms with van der Waals surface area (Å²) in [5, 5.41) is 0. The number of para-hydroxylation sites is 2. The highest BCUT2D eigenvalue weighted by Gasteiger charge is 2.07. The van der Waals surface area contributed by atoms with E-state index in [0.717, 1.165) is 28.1 Å². The minimum Gasteiger partial charge on any atom is -0.342 e. The highest BCUT2D eigenvalue weighted by molar-refractivity contribution is 7.71. The van der Waals surface area contributed by atoms with Gasteiger partial charge in [0.25, 0.3) is 5.56 Å². The van der Waals surface area contributed by atoms with Crippen molar-refractivity contribution >= 4 is 23.3 Å². The first-order valence-electron chi connectivity index (χ1n) is 6.39. The molecular formula is C14H14N4OS. The molecule has 5 nitrogen and oxygen atoms in total. The maximum atomic E-state index is 11.9. The quantitative estimate of drug-likeness (QED) is 0.647. The molecule has 0 aliphatic heterocycles. The zero-order chi connectivity index (χ0) is 14.1. The lowest BCUT2D eigenvalue weighted by Gasteiger charge is -2.03. The number of aryl methyl sites for hydroxylation is 2. The van der Waals surface area contributed by atoms with Gasteiger partial charge in [-0.25, -0.2) is 4.98 Å². The van der Waals surface area contributed by atoms with Crippen molar-refractivity contribution in [3.8, 4) is 0 Å². The molecule has 3 rings (SSSR count). The number of hydrogen-bond acceptors (Lipinski definition) is 3. The molecule has 0 amide bonds. The third-order valence-corrected chi connectivity index (χ3v) is 3.51. The maximum absolute atomic E-state index is 11.9. The van der Waals surface area contributed by atoms with Crippen molar-refractivity contribution in [1.29, 1.82) is 0 Å². The van der Waals surface area contributed by atoms with E-state index in [2.05, 4.69) is 19.9 Å². The molecule has 3 aromatic rings. The number of nitrogens with one attached hydrogen (secondary N) is 3. The second-order valence-electron chi connectivity index (χ2n) is 4.71. The van der Waals surface area contributed by atoms with E-state index in [1.165, 1.54) is 0 Å². The van der Waals surface area contributed by atoms with Crippen LogP contribution in [-0.4, -0.2) is 19.9 Å². The summed E-state index contributed by atoms with van der Waals surface area (Å²) >= 11 is 4.94. The highest BCUT2D eigenvalue weighted by Crippen LogP contribution is 2.12. The van der Waals surface area contributed by atoms with Gasteiger partial charge in [-0.2, -0.15) is 0 Å². The average molecular weight is 286 g/mol. The summed E-state index contributed by atoms with van der Waals surface area (Å²) in [5.74, 6) is 0.882. The fraction of sp³-hybridized carbons (Fsp3) is 0.214. The van der Waals surface area contributed by atoms with Gasteiger partial charge in [-0.15, -0.1) is 0 Å². The van der Waals surface area contributed by atoms with Crippen molar-refractivity contribution in [2.24, 2.45) is 0 Å². The summed E-state index contributed by atoms with van der Waals surface area (Å²) < 4.78 is 0.361. The number of hydrogen-bond donors (Lipinski definition) is 3. The molecule has 6 heteroatoms. The Morgan fingerprint density at radius 2 is 1.95 bits per heavy atom. The topological polar surface area (TPSA) is 77.3 Å². The normalized spacial score (nSPS) is 11.1. The Labute approximate surface area is 120 Å². The summed E-state index contributed by atoms with van der Waals surface area (Å²) in [6, 6.07) is 7.88. The second-order valence-corrected chi connectivity index (χ2v) is 5.12. The molecule has 2 heterocycles. The van der Waals surface area contributed by atoms with Crippen molar-refractivity contribution in [3.05, 3.63) is 56.5 Å². The van der Waals surface area contributed by atoms with Crippen LogP contribution in [0.15, 0.2) is 29.1 Å². The lowest BCUT2D eigenvalue weighted by molar-refractivity contribution is 0.846. The first-order chi connectivity index (χ1) is 9.63. The molecule has 0 aliphatic carbocycles. The van der Waals surface area contributed by atoms with Crippen LogP contribution < -0.4 is 5.56 Å². The predicted octanol–water partition coefficient (Wildman–Crippen LogP) is 2.40. The summed E-state index contributed by atoms with van der Waals surface area (Å²) in [5.41, 5.74) is 3.37. The SMILES string of the molecule is Cc1[nH]c(=S)[nH]c(=O)c1CCc1nc2ccccc2[nH]1. The molecule has 3 N–H and O–H groups in total. The van der Waals surface area contributed by atoms with Gasteiger partial charge in [-0.1, -0.05) is 12.1 Å². The van der Waals surface area contributed by atoms with E-state index < -0.39 is 0 Å². The van der Waals surface area contributed by atoms with Gasteiger partial charge in [-0.3, -0.25) is 9.78 Å². The molecule has 1 aromatic carbocycles. The first-order valence-corrected chi connectivity index (χ1v) is 6.80. The van der Waals surface area contributed by atoms with Crippen LogP contribution >= 0.6 is 12.2 Å². The third kappa shape index (κ3) is 2.42. The van der Waals surface area contributed by atoms with E-state index in [1.807, 2.05) is 31.2 Å². The number of nitrogens with zero attached hydrogens (tertiary/aromatic N) is 1. The van der Waals surface area contributed by atoms with Gasteiger partial charge in [0.1, 0.15) is 5.82 Å². The predicted molar refractivity (Wildman–Crippen MR) is 80.5 cm³/mol. The van der Waals surface area contributed by atoms with Gasteiger partial charge >= 0.3 is 0 Å². The van der Waals surface area contributed by atoms with Crippen molar-refractivity contribution in [2.75, 3.05) is 0 Å². The number of H-pyrrole nitrogens is 3. The molecule has 0 spiro atoms. The van der Waals surface area contributed by atoms with Gasteiger partial charge in [-0.05, 0) is 37.7 Å². The minimum atomic E-state index is -0.123. The van der Waals surface area contributed by atoms with Crippen LogP contribution in [0.2, 0.25) is 0 Å². The van der Waals surface area contributed by atoms with Crippen molar-refractivity contribution in [2.45, 2.75) is 19.8 Å². The Kier molecular flexibility index (Phi) is 3.23. The number of aromatic amines is 3. The number of rotatable bonds is 3. The van der Waals surface area contributed by atoms with E-state index in [0.29, 0.717) is 17.6 Å². The fourth-order valence-electron chi connectivity index (χ4n) is 2.29. The summed E-state index contributed by atoms with van der Waals surface area (Å²) in [6.45, 7) is 1.86. The molecule has 0 aliphatic rings. The molecule has 0 radical (unpaired) electrons. The molecule has 20 heavy (non-hydrogen) atoms. The maximum Gasteiger partial charge on any atom is 0.255 e. The van der Waals surface area contributed by atoms with Gasteiger partial charge in [0, 0.05) is 17.7 Å². The standard InChI is InChI=1S/C14H14N4OS/c1-8-9(13(19)18-14(20)15-8)6-7-12-16-10-4-2-3-5-11(10)17-12/h2-5H,6-7H2,1H3,(H,16,17)(H2,15,18,19,20). The Morgan fingerprint density at radius 1 is 1.15 bits per heavy atom. The zero-order valence-electron chi connectivity index (χ0n) is 11.0. The van der Waals surface area contributed by atoms with Crippen molar-refractivity contribution in [3.63, 3.8) is 0 Å². The third-order valence-electron chi connectivity index (χ3n) is 3.31. The van der Waals surface area contributed by atoms with Crippen LogP contribution in [0.1, 0.15) is 17.1 Å². The number of benzene rings is 1. The zero-order valence-corrected chi connectivity index (χ0v) is 11.8. The van der Waals surface area contributed by atoms with Gasteiger partial charge < -0.3 is 9.97 Å². The van der Waals surface area contributed by atoms with Crippen LogP contribution in [-0.2, 0) is 12.8 Å². The highest BCUT2D eigenvalue weighted by atomic mass is 32.1. The number of aromatic nitrogens is 4. The Balaban J connectivity index is 1.86. The Hall–Kier alpha value is -2.21. The molecule has 0 saturated carbocycles. The van der Waals surface area contributed by atoms with Crippen LogP contribution in [0.5, 0.6) is 0 Å². The van der Waals surface area contributed by atoms with Crippen LogP contribution in [0, 0.1) is 11.7 Å². The molecule has 0 bridgehead atoms. The van der Waals surface area contributed by atoms with Gasteiger partial charge in [0.2, 0.25) is 0 Å². The molecular weight excluding hydrogens is 272 g/mol. The first kappa shape index (κ1) is 12.8. The van der Waals surface area contributed by atoms with E-state index in [9.17, 15) is 4.79 Å². The number of imidazole rings is 1. The summed E-state index contributed by atoms with van der Waals surface area (Å²) in [7, 11) is 0. The minimum absolute atomic E-state index is 0.123. The van der Waals surface area contributed by atoms with E-state index in [-0.39, 0.29) is 5.56 Å². The molecule has 2 aromatic heterocycles. The summed E-state index contributed by atoms with van der Waals surface area (Å²) in [6.07, 6.45) is 1.30. The lowest BCUT2D eigenvalue weighted by atomic mass is 10.1. The lowest BCUT2D eigenvalue weighted by Crippen LogP contribution is -2.17. The largest absolute Gasteiger partial charge is 0.342 e. The molecule has 0 saturated heterocycles. The van der Waals surface area contributed by atoms with Crippen LogP contribution in [0.3, 0.4) is 0 Å². The molecule has 0 fully saturated rings. The fourth-order valence-corrected chi connectivity index (χ4v) is 2.54. The molecule has 0 unspecified atom stereocenters. The van der Waals surface area contributed by atoms with Crippen molar-refractivity contribution < 1.29 is 0 Å². The smallest absolute Gasteiger partial charge is 0.255 e. The van der Waals surface area contributed by atoms with E-state index >= 15 is 0 Å². The van der Waals surface area contributed by atoms with Crippen LogP contribution in [0.25, 0.3) is 11.0 Å². The summed E-state index contributed by atoms with van der Waals surface area (Å²) in [4.78, 5) is 25.2. The second kappa shape index (κ2) is 5.05. The average Bonchev–Trinajstić information content (AvgIpc) is 2.80. The molecule has 0 atom stereocenters. The van der Waals surface area contributed by atoms with Crippen molar-refractivity contribution in [1.82, 2.24) is 19.9 Å². The number of fused-ring (bicyclic) bond motifs is 1. The van der Waals surface area contributed by atoms with Gasteiger partial charge in [0.15, 0.2) is 4.77 Å².